The third kappa shape index (κ3) is 3.58. The molecule has 3 heterocycles. The largest absolute Gasteiger partial charge is 0.419 e. The summed E-state index contributed by atoms with van der Waals surface area (Å²) in [6.07, 6.45) is 0. The van der Waals surface area contributed by atoms with Crippen LogP contribution in [0, 0.1) is 0 Å². The number of aromatic nitrogens is 3. The lowest BCUT2D eigenvalue weighted by atomic mass is 10.3. The van der Waals surface area contributed by atoms with Gasteiger partial charge in [-0.2, -0.15) is 4.31 Å². The summed E-state index contributed by atoms with van der Waals surface area (Å²) in [5.74, 6) is 0.907. The minimum absolute atomic E-state index is 0.143. The SMILES string of the molecule is CCNc1ccc(N2CCN(S(=O)(=O)c3ccc4oc(=O)n(C)c4c3)CC2)nn1. The molecular formula is C18H22N6O4S. The van der Waals surface area contributed by atoms with E-state index in [1.54, 1.807) is 7.05 Å². The van der Waals surface area contributed by atoms with Gasteiger partial charge >= 0.3 is 5.76 Å². The molecule has 0 aliphatic carbocycles. The van der Waals surface area contributed by atoms with E-state index in [2.05, 4.69) is 15.5 Å². The van der Waals surface area contributed by atoms with Crippen molar-refractivity contribution in [3.05, 3.63) is 40.9 Å². The summed E-state index contributed by atoms with van der Waals surface area (Å²) >= 11 is 0. The third-order valence-corrected chi connectivity index (χ3v) is 6.87. The summed E-state index contributed by atoms with van der Waals surface area (Å²) in [4.78, 5) is 13.8. The Morgan fingerprint density at radius 2 is 1.86 bits per heavy atom. The van der Waals surface area contributed by atoms with Crippen molar-refractivity contribution in [3.63, 3.8) is 0 Å². The molecule has 11 heteroatoms. The van der Waals surface area contributed by atoms with Crippen LogP contribution in [0.5, 0.6) is 0 Å². The number of sulfonamides is 1. The van der Waals surface area contributed by atoms with E-state index in [1.807, 2.05) is 24.0 Å². The second-order valence-electron chi connectivity index (χ2n) is 6.75. The zero-order valence-electron chi connectivity index (χ0n) is 16.2. The number of anilines is 2. The van der Waals surface area contributed by atoms with E-state index in [-0.39, 0.29) is 4.90 Å². The molecule has 3 aromatic rings. The van der Waals surface area contributed by atoms with Crippen LogP contribution in [0.25, 0.3) is 11.1 Å². The molecule has 10 nitrogen and oxygen atoms in total. The van der Waals surface area contributed by atoms with Crippen molar-refractivity contribution in [2.24, 2.45) is 7.05 Å². The van der Waals surface area contributed by atoms with Gasteiger partial charge < -0.3 is 14.6 Å². The van der Waals surface area contributed by atoms with Gasteiger partial charge in [-0.25, -0.2) is 13.2 Å². The highest BCUT2D eigenvalue weighted by Crippen LogP contribution is 2.23. The van der Waals surface area contributed by atoms with Crippen molar-refractivity contribution in [1.29, 1.82) is 0 Å². The number of aryl methyl sites for hydroxylation is 1. The molecule has 2 aromatic heterocycles. The van der Waals surface area contributed by atoms with E-state index in [0.29, 0.717) is 43.1 Å². The molecule has 154 valence electrons. The summed E-state index contributed by atoms with van der Waals surface area (Å²) in [6.45, 7) is 4.45. The van der Waals surface area contributed by atoms with Crippen molar-refractivity contribution in [3.8, 4) is 0 Å². The van der Waals surface area contributed by atoms with Crippen LogP contribution >= 0.6 is 0 Å². The van der Waals surface area contributed by atoms with Gasteiger partial charge in [0.1, 0.15) is 5.82 Å². The Morgan fingerprint density at radius 1 is 1.10 bits per heavy atom. The quantitative estimate of drug-likeness (QED) is 0.649. The minimum atomic E-state index is -3.68. The fourth-order valence-electron chi connectivity index (χ4n) is 3.34. The first-order valence-electron chi connectivity index (χ1n) is 9.32. The van der Waals surface area contributed by atoms with Crippen LogP contribution in [-0.4, -0.2) is 60.2 Å². The summed E-state index contributed by atoms with van der Waals surface area (Å²) in [5, 5.41) is 11.4. The summed E-state index contributed by atoms with van der Waals surface area (Å²) in [6, 6.07) is 8.20. The smallest absolute Gasteiger partial charge is 0.408 e. The Labute approximate surface area is 167 Å². The minimum Gasteiger partial charge on any atom is -0.408 e. The fraction of sp³-hybridized carbons (Fsp3) is 0.389. The molecule has 0 amide bonds. The van der Waals surface area contributed by atoms with Crippen LogP contribution in [0.15, 0.2) is 44.4 Å². The van der Waals surface area contributed by atoms with Crippen LogP contribution in [-0.2, 0) is 17.1 Å². The van der Waals surface area contributed by atoms with Crippen LogP contribution in [0.4, 0.5) is 11.6 Å². The van der Waals surface area contributed by atoms with Crippen LogP contribution < -0.4 is 16.0 Å². The first kappa shape index (κ1) is 19.4. The zero-order valence-corrected chi connectivity index (χ0v) is 17.0. The molecule has 4 rings (SSSR count). The molecule has 1 aliphatic rings. The van der Waals surface area contributed by atoms with Crippen molar-refractivity contribution in [1.82, 2.24) is 19.1 Å². The average molecular weight is 418 g/mol. The lowest BCUT2D eigenvalue weighted by molar-refractivity contribution is 0.383. The molecule has 29 heavy (non-hydrogen) atoms. The average Bonchev–Trinajstić information content (AvgIpc) is 3.02. The van der Waals surface area contributed by atoms with Gasteiger partial charge in [0, 0.05) is 39.8 Å². The number of rotatable bonds is 5. The van der Waals surface area contributed by atoms with Crippen LogP contribution in [0.2, 0.25) is 0 Å². The summed E-state index contributed by atoms with van der Waals surface area (Å²) < 4.78 is 33.9. The molecule has 0 bridgehead atoms. The van der Waals surface area contributed by atoms with Gasteiger partial charge in [-0.05, 0) is 37.3 Å². The van der Waals surface area contributed by atoms with Gasteiger partial charge in [-0.3, -0.25) is 4.57 Å². The molecule has 1 fully saturated rings. The number of hydrogen-bond acceptors (Lipinski definition) is 8. The molecule has 0 spiro atoms. The summed E-state index contributed by atoms with van der Waals surface area (Å²) in [7, 11) is -2.13. The second-order valence-corrected chi connectivity index (χ2v) is 8.69. The molecule has 0 radical (unpaired) electrons. The molecular weight excluding hydrogens is 396 g/mol. The maximum absolute atomic E-state index is 13.1. The van der Waals surface area contributed by atoms with Gasteiger partial charge in [0.15, 0.2) is 11.4 Å². The Hall–Kier alpha value is -2.92. The van der Waals surface area contributed by atoms with Crippen LogP contribution in [0.3, 0.4) is 0 Å². The standard InChI is InChI=1S/C18H22N6O4S/c1-3-19-16-6-7-17(21-20-16)23-8-10-24(11-9-23)29(26,27)13-4-5-15-14(12-13)22(2)18(25)28-15/h4-7,12H,3,8-11H2,1-2H3,(H,19,20). The van der Waals surface area contributed by atoms with E-state index in [1.165, 1.54) is 27.1 Å². The number of piperazine rings is 1. The van der Waals surface area contributed by atoms with Gasteiger partial charge in [0.25, 0.3) is 0 Å². The molecule has 1 saturated heterocycles. The lowest BCUT2D eigenvalue weighted by Gasteiger charge is -2.34. The summed E-state index contributed by atoms with van der Waals surface area (Å²) in [5.41, 5.74) is 0.812. The van der Waals surface area contributed by atoms with Crippen molar-refractivity contribution < 1.29 is 12.8 Å². The van der Waals surface area contributed by atoms with E-state index in [0.717, 1.165) is 12.4 Å². The van der Waals surface area contributed by atoms with Crippen molar-refractivity contribution in [2.75, 3.05) is 42.9 Å². The van der Waals surface area contributed by atoms with E-state index in [9.17, 15) is 13.2 Å². The molecule has 1 N–H and O–H groups in total. The highest BCUT2D eigenvalue weighted by atomic mass is 32.2. The highest BCUT2D eigenvalue weighted by molar-refractivity contribution is 7.89. The van der Waals surface area contributed by atoms with Crippen molar-refractivity contribution in [2.45, 2.75) is 11.8 Å². The van der Waals surface area contributed by atoms with Gasteiger partial charge in [0.2, 0.25) is 10.0 Å². The molecule has 1 aliphatic heterocycles. The zero-order chi connectivity index (χ0) is 20.6. The number of oxazole rings is 1. The van der Waals surface area contributed by atoms with Gasteiger partial charge in [-0.15, -0.1) is 10.2 Å². The second kappa shape index (κ2) is 7.48. The predicted octanol–water partition coefficient (Wildman–Crippen LogP) is 0.864. The lowest BCUT2D eigenvalue weighted by Crippen LogP contribution is -2.49. The number of nitrogens with one attached hydrogen (secondary N) is 1. The topological polar surface area (TPSA) is 114 Å². The Morgan fingerprint density at radius 3 is 2.52 bits per heavy atom. The number of nitrogens with zero attached hydrogens (tertiary/aromatic N) is 5. The molecule has 1 aromatic carbocycles. The first-order chi connectivity index (χ1) is 13.9. The van der Waals surface area contributed by atoms with Gasteiger partial charge in [-0.1, -0.05) is 0 Å². The van der Waals surface area contributed by atoms with Crippen LogP contribution in [0.1, 0.15) is 6.92 Å². The number of hydrogen-bond donors (Lipinski definition) is 1. The van der Waals surface area contributed by atoms with E-state index >= 15 is 0 Å². The number of benzene rings is 1. The Balaban J connectivity index is 1.50. The maximum atomic E-state index is 13.1. The Kier molecular flexibility index (Phi) is 5.01. The van der Waals surface area contributed by atoms with Crippen molar-refractivity contribution >= 4 is 32.8 Å². The highest BCUT2D eigenvalue weighted by Gasteiger charge is 2.29. The van der Waals surface area contributed by atoms with E-state index in [4.69, 9.17) is 4.42 Å². The normalized spacial score (nSPS) is 15.7. The molecule has 0 unspecified atom stereocenters. The first-order valence-corrected chi connectivity index (χ1v) is 10.8. The number of fused-ring (bicyclic) bond motifs is 1. The van der Waals surface area contributed by atoms with E-state index < -0.39 is 15.8 Å². The third-order valence-electron chi connectivity index (χ3n) is 4.97. The maximum Gasteiger partial charge on any atom is 0.419 e. The fourth-order valence-corrected chi connectivity index (χ4v) is 4.79. The monoisotopic (exact) mass is 418 g/mol. The Bertz CT molecular complexity index is 1180. The van der Waals surface area contributed by atoms with Gasteiger partial charge in [0.05, 0.1) is 10.4 Å². The molecule has 0 atom stereocenters. The molecule has 0 saturated carbocycles. The predicted molar refractivity (Wildman–Crippen MR) is 109 cm³/mol.